The van der Waals surface area contributed by atoms with Crippen LogP contribution < -0.4 is 10.1 Å². The summed E-state index contributed by atoms with van der Waals surface area (Å²) in [6.07, 6.45) is 1.28. The summed E-state index contributed by atoms with van der Waals surface area (Å²) in [5.41, 5.74) is 2.40. The molecule has 3 aromatic carbocycles. The van der Waals surface area contributed by atoms with Crippen LogP contribution in [0.1, 0.15) is 5.56 Å². The van der Waals surface area contributed by atoms with Gasteiger partial charge in [-0.3, -0.25) is 4.79 Å². The molecule has 8 heteroatoms. The number of amides is 1. The van der Waals surface area contributed by atoms with Crippen molar-refractivity contribution in [1.82, 2.24) is 4.98 Å². The number of benzene rings is 3. The van der Waals surface area contributed by atoms with Crippen LogP contribution in [0.5, 0.6) is 11.5 Å². The normalized spacial score (nSPS) is 11.2. The highest BCUT2D eigenvalue weighted by Gasteiger charge is 2.11. The zero-order valence-corrected chi connectivity index (χ0v) is 18.8. The van der Waals surface area contributed by atoms with Crippen LogP contribution >= 0.6 is 11.3 Å². The van der Waals surface area contributed by atoms with Crippen LogP contribution in [0.2, 0.25) is 0 Å². The topological polar surface area (TPSA) is 85.4 Å². The third-order valence-corrected chi connectivity index (χ3v) is 6.48. The summed E-state index contributed by atoms with van der Waals surface area (Å²) in [6, 6.07) is 23.4. The minimum absolute atomic E-state index is 0.129. The van der Waals surface area contributed by atoms with Crippen molar-refractivity contribution < 1.29 is 17.9 Å². The van der Waals surface area contributed by atoms with Gasteiger partial charge in [-0.1, -0.05) is 30.3 Å². The van der Waals surface area contributed by atoms with Gasteiger partial charge in [-0.25, -0.2) is 13.4 Å². The number of hydrogen-bond acceptors (Lipinski definition) is 6. The average molecular weight is 465 g/mol. The number of carbonyl (C=O) groups excluding carboxylic acids is 1. The second kappa shape index (κ2) is 9.33. The second-order valence-electron chi connectivity index (χ2n) is 7.12. The first-order valence-electron chi connectivity index (χ1n) is 9.74. The molecule has 32 heavy (non-hydrogen) atoms. The van der Waals surface area contributed by atoms with Crippen molar-refractivity contribution in [1.29, 1.82) is 0 Å². The lowest BCUT2D eigenvalue weighted by Crippen LogP contribution is -2.14. The Morgan fingerprint density at radius 2 is 1.59 bits per heavy atom. The standard InChI is InChI=1S/C24H20N2O4S2/c1-32(28,29)21-13-7-17(8-14-21)15-23(27)26-24-25-22(16-31-24)18-9-11-20(12-10-18)30-19-5-3-2-4-6-19/h2-14,16H,15H2,1H3,(H,25,26,27). The molecule has 1 aromatic heterocycles. The predicted octanol–water partition coefficient (Wildman–Crippen LogP) is 5.19. The summed E-state index contributed by atoms with van der Waals surface area (Å²) in [5.74, 6) is 1.28. The molecule has 0 bridgehead atoms. The molecule has 0 aliphatic heterocycles. The molecule has 1 heterocycles. The van der Waals surface area contributed by atoms with E-state index in [-0.39, 0.29) is 17.2 Å². The predicted molar refractivity (Wildman–Crippen MR) is 126 cm³/mol. The molecule has 0 atom stereocenters. The number of carbonyl (C=O) groups is 1. The van der Waals surface area contributed by atoms with E-state index in [9.17, 15) is 13.2 Å². The monoisotopic (exact) mass is 464 g/mol. The lowest BCUT2D eigenvalue weighted by molar-refractivity contribution is -0.115. The van der Waals surface area contributed by atoms with E-state index in [1.54, 1.807) is 12.1 Å². The molecule has 162 valence electrons. The Hall–Kier alpha value is -3.49. The largest absolute Gasteiger partial charge is 0.457 e. The summed E-state index contributed by atoms with van der Waals surface area (Å²) in [7, 11) is -3.26. The second-order valence-corrected chi connectivity index (χ2v) is 9.99. The number of rotatable bonds is 7. The van der Waals surface area contributed by atoms with E-state index < -0.39 is 9.84 Å². The van der Waals surface area contributed by atoms with Gasteiger partial charge in [-0.2, -0.15) is 0 Å². The number of para-hydroxylation sites is 1. The number of aromatic nitrogens is 1. The maximum Gasteiger partial charge on any atom is 0.230 e. The van der Waals surface area contributed by atoms with Crippen LogP contribution in [-0.2, 0) is 21.1 Å². The molecule has 0 unspecified atom stereocenters. The van der Waals surface area contributed by atoms with Gasteiger partial charge in [0.1, 0.15) is 11.5 Å². The first-order valence-corrected chi connectivity index (χ1v) is 12.5. The molecule has 0 aliphatic carbocycles. The first-order chi connectivity index (χ1) is 15.4. The molecule has 0 spiro atoms. The molecule has 1 N–H and O–H groups in total. The van der Waals surface area contributed by atoms with Gasteiger partial charge in [0, 0.05) is 17.2 Å². The highest BCUT2D eigenvalue weighted by Crippen LogP contribution is 2.28. The third-order valence-electron chi connectivity index (χ3n) is 4.60. The van der Waals surface area contributed by atoms with Crippen LogP contribution in [0.4, 0.5) is 5.13 Å². The number of hydrogen-bond donors (Lipinski definition) is 1. The van der Waals surface area contributed by atoms with Crippen molar-refractivity contribution in [3.8, 4) is 22.8 Å². The number of anilines is 1. The molecule has 6 nitrogen and oxygen atoms in total. The summed E-state index contributed by atoms with van der Waals surface area (Å²) in [5, 5.41) is 5.18. The molecular weight excluding hydrogens is 444 g/mol. The molecule has 0 radical (unpaired) electrons. The van der Waals surface area contributed by atoms with Crippen LogP contribution in [-0.4, -0.2) is 25.6 Å². The van der Waals surface area contributed by atoms with Crippen LogP contribution in [0.3, 0.4) is 0 Å². The molecule has 0 aliphatic rings. The van der Waals surface area contributed by atoms with Gasteiger partial charge in [0.25, 0.3) is 0 Å². The number of ether oxygens (including phenoxy) is 1. The molecular formula is C24H20N2O4S2. The first kappa shape index (κ1) is 21.7. The Bertz CT molecular complexity index is 1310. The summed E-state index contributed by atoms with van der Waals surface area (Å²) >= 11 is 1.34. The smallest absolute Gasteiger partial charge is 0.230 e. The average Bonchev–Trinajstić information content (AvgIpc) is 3.23. The van der Waals surface area contributed by atoms with E-state index >= 15 is 0 Å². The molecule has 0 fully saturated rings. The fraction of sp³-hybridized carbons (Fsp3) is 0.0833. The quantitative estimate of drug-likeness (QED) is 0.407. The lowest BCUT2D eigenvalue weighted by atomic mass is 10.1. The number of nitrogens with one attached hydrogen (secondary N) is 1. The van der Waals surface area contributed by atoms with E-state index in [1.807, 2.05) is 60.0 Å². The minimum atomic E-state index is -3.26. The molecule has 0 saturated heterocycles. The third kappa shape index (κ3) is 5.60. The van der Waals surface area contributed by atoms with Gasteiger partial charge in [-0.15, -0.1) is 11.3 Å². The van der Waals surface area contributed by atoms with E-state index in [2.05, 4.69) is 10.3 Å². The summed E-state index contributed by atoms with van der Waals surface area (Å²) < 4.78 is 28.9. The zero-order valence-electron chi connectivity index (χ0n) is 17.2. The Kier molecular flexibility index (Phi) is 6.34. The molecule has 0 saturated carbocycles. The fourth-order valence-electron chi connectivity index (χ4n) is 2.99. The van der Waals surface area contributed by atoms with E-state index in [4.69, 9.17) is 4.74 Å². The lowest BCUT2D eigenvalue weighted by Gasteiger charge is -2.06. The minimum Gasteiger partial charge on any atom is -0.457 e. The van der Waals surface area contributed by atoms with Gasteiger partial charge in [-0.05, 0) is 54.1 Å². The Morgan fingerprint density at radius 1 is 0.938 bits per heavy atom. The Balaban J connectivity index is 1.36. The molecule has 4 rings (SSSR count). The van der Waals surface area contributed by atoms with E-state index in [0.717, 1.165) is 34.6 Å². The van der Waals surface area contributed by atoms with Crippen molar-refractivity contribution >= 4 is 32.2 Å². The number of thiazole rings is 1. The fourth-order valence-corrected chi connectivity index (χ4v) is 4.35. The highest BCUT2D eigenvalue weighted by molar-refractivity contribution is 7.90. The van der Waals surface area contributed by atoms with Crippen molar-refractivity contribution in [2.45, 2.75) is 11.3 Å². The summed E-state index contributed by atoms with van der Waals surface area (Å²) in [6.45, 7) is 0. The van der Waals surface area contributed by atoms with E-state index in [1.165, 1.54) is 23.5 Å². The van der Waals surface area contributed by atoms with Crippen LogP contribution in [0.15, 0.2) is 89.1 Å². The van der Waals surface area contributed by atoms with Crippen molar-refractivity contribution in [3.05, 3.63) is 89.8 Å². The maximum absolute atomic E-state index is 12.3. The SMILES string of the molecule is CS(=O)(=O)c1ccc(CC(=O)Nc2nc(-c3ccc(Oc4ccccc4)cc3)cs2)cc1. The van der Waals surface area contributed by atoms with Gasteiger partial charge in [0.15, 0.2) is 15.0 Å². The molecule has 4 aromatic rings. The van der Waals surface area contributed by atoms with Gasteiger partial charge >= 0.3 is 0 Å². The highest BCUT2D eigenvalue weighted by atomic mass is 32.2. The summed E-state index contributed by atoms with van der Waals surface area (Å²) in [4.78, 5) is 17.1. The Labute approximate surface area is 190 Å². The van der Waals surface area contributed by atoms with Gasteiger partial charge in [0.05, 0.1) is 17.0 Å². The number of sulfone groups is 1. The van der Waals surface area contributed by atoms with Crippen LogP contribution in [0.25, 0.3) is 11.3 Å². The van der Waals surface area contributed by atoms with Crippen LogP contribution in [0, 0.1) is 0 Å². The molecule has 1 amide bonds. The number of nitrogens with zero attached hydrogens (tertiary/aromatic N) is 1. The van der Waals surface area contributed by atoms with Gasteiger partial charge < -0.3 is 10.1 Å². The van der Waals surface area contributed by atoms with E-state index in [0.29, 0.717) is 5.13 Å². The van der Waals surface area contributed by atoms with Gasteiger partial charge in [0.2, 0.25) is 5.91 Å². The van der Waals surface area contributed by atoms with Crippen molar-refractivity contribution in [2.24, 2.45) is 0 Å². The zero-order chi connectivity index (χ0) is 22.6. The van der Waals surface area contributed by atoms with Crippen molar-refractivity contribution in [3.63, 3.8) is 0 Å². The maximum atomic E-state index is 12.3. The Morgan fingerprint density at radius 3 is 2.25 bits per heavy atom. The van der Waals surface area contributed by atoms with Crippen molar-refractivity contribution in [2.75, 3.05) is 11.6 Å².